The van der Waals surface area contributed by atoms with Crippen molar-refractivity contribution < 1.29 is 4.79 Å². The second-order valence-electron chi connectivity index (χ2n) is 8.42. The Hall–Kier alpha value is -0.630. The Morgan fingerprint density at radius 3 is 1.54 bits per heavy atom. The second kappa shape index (κ2) is 17.2. The molecule has 0 aliphatic heterocycles. The molecular formula is C26H43BrO. The van der Waals surface area contributed by atoms with E-state index in [1.54, 1.807) is 6.92 Å². The summed E-state index contributed by atoms with van der Waals surface area (Å²) in [4.78, 5) is 11.5. The van der Waals surface area contributed by atoms with Gasteiger partial charge < -0.3 is 0 Å². The summed E-state index contributed by atoms with van der Waals surface area (Å²) in [6.45, 7) is 3.91. The Morgan fingerprint density at radius 1 is 0.714 bits per heavy atom. The number of Topliss-reactive ketones (excluding diaryl/α,β-unsaturated/α-hetero) is 1. The van der Waals surface area contributed by atoms with Crippen LogP contribution in [-0.2, 0) is 6.42 Å². The fourth-order valence-corrected chi connectivity index (χ4v) is 4.58. The molecule has 0 saturated heterocycles. The van der Waals surface area contributed by atoms with Crippen molar-refractivity contribution in [2.45, 2.75) is 123 Å². The third kappa shape index (κ3) is 12.8. The van der Waals surface area contributed by atoms with Crippen molar-refractivity contribution in [3.63, 3.8) is 0 Å². The number of hydrogen-bond donors (Lipinski definition) is 0. The molecule has 1 aromatic rings. The summed E-state index contributed by atoms with van der Waals surface area (Å²) >= 11 is 3.52. The van der Waals surface area contributed by atoms with Crippen LogP contribution in [0.2, 0.25) is 0 Å². The quantitative estimate of drug-likeness (QED) is 0.160. The molecule has 28 heavy (non-hydrogen) atoms. The van der Waals surface area contributed by atoms with Crippen LogP contribution in [0.15, 0.2) is 22.7 Å². The average molecular weight is 452 g/mol. The molecule has 0 radical (unpaired) electrons. The lowest BCUT2D eigenvalue weighted by Crippen LogP contribution is -1.95. The molecule has 1 rings (SSSR count). The third-order valence-electron chi connectivity index (χ3n) is 5.73. The van der Waals surface area contributed by atoms with Gasteiger partial charge in [-0.25, -0.2) is 0 Å². The maximum Gasteiger partial charge on any atom is 0.160 e. The molecule has 0 unspecified atom stereocenters. The van der Waals surface area contributed by atoms with E-state index in [0.717, 1.165) is 16.5 Å². The van der Waals surface area contributed by atoms with Crippen LogP contribution in [0.3, 0.4) is 0 Å². The summed E-state index contributed by atoms with van der Waals surface area (Å²) in [5.41, 5.74) is 2.12. The minimum Gasteiger partial charge on any atom is -0.294 e. The van der Waals surface area contributed by atoms with E-state index in [4.69, 9.17) is 0 Å². The summed E-state index contributed by atoms with van der Waals surface area (Å²) in [5.74, 6) is 0.126. The van der Waals surface area contributed by atoms with E-state index >= 15 is 0 Å². The Balaban J connectivity index is 1.87. The van der Waals surface area contributed by atoms with Crippen LogP contribution in [0.5, 0.6) is 0 Å². The summed E-state index contributed by atoms with van der Waals surface area (Å²) in [5, 5.41) is 0. The summed E-state index contributed by atoms with van der Waals surface area (Å²) < 4.78 is 0.939. The lowest BCUT2D eigenvalue weighted by Gasteiger charge is -2.06. The van der Waals surface area contributed by atoms with Gasteiger partial charge in [0.05, 0.1) is 0 Å². The molecule has 0 bridgehead atoms. The van der Waals surface area contributed by atoms with Crippen molar-refractivity contribution in [2.75, 3.05) is 0 Å². The van der Waals surface area contributed by atoms with E-state index < -0.39 is 0 Å². The van der Waals surface area contributed by atoms with Crippen LogP contribution < -0.4 is 0 Å². The number of hydrogen-bond acceptors (Lipinski definition) is 1. The van der Waals surface area contributed by atoms with Gasteiger partial charge in [-0.05, 0) is 31.4 Å². The zero-order chi connectivity index (χ0) is 20.5. The zero-order valence-electron chi connectivity index (χ0n) is 18.5. The normalized spacial score (nSPS) is 11.1. The van der Waals surface area contributed by atoms with Crippen LogP contribution in [0, 0.1) is 0 Å². The molecular weight excluding hydrogens is 408 g/mol. The number of benzene rings is 1. The number of aryl methyl sites for hydroxylation is 1. The van der Waals surface area contributed by atoms with E-state index in [0.29, 0.717) is 0 Å². The molecule has 0 N–H and O–H groups in total. The Labute approximate surface area is 183 Å². The predicted molar refractivity (Wildman–Crippen MR) is 127 cm³/mol. The van der Waals surface area contributed by atoms with Gasteiger partial charge in [0.15, 0.2) is 5.78 Å². The Morgan fingerprint density at radius 2 is 1.14 bits per heavy atom. The van der Waals surface area contributed by atoms with Crippen LogP contribution >= 0.6 is 15.9 Å². The molecule has 1 aromatic carbocycles. The van der Waals surface area contributed by atoms with E-state index in [1.165, 1.54) is 108 Å². The summed E-state index contributed by atoms with van der Waals surface area (Å²) in [7, 11) is 0. The zero-order valence-corrected chi connectivity index (χ0v) is 20.1. The first-order valence-corrected chi connectivity index (χ1v) is 12.7. The van der Waals surface area contributed by atoms with Crippen molar-refractivity contribution in [2.24, 2.45) is 0 Å². The SMILES string of the molecule is CCCCCCCCCCCCCCCCCCc1ccc(C(C)=O)c(Br)c1. The highest BCUT2D eigenvalue weighted by atomic mass is 79.9. The third-order valence-corrected chi connectivity index (χ3v) is 6.39. The second-order valence-corrected chi connectivity index (χ2v) is 9.28. The molecule has 0 aromatic heterocycles. The lowest BCUT2D eigenvalue weighted by molar-refractivity contribution is 0.101. The molecule has 0 amide bonds. The number of carbonyl (C=O) groups excluding carboxylic acids is 1. The maximum absolute atomic E-state index is 11.5. The van der Waals surface area contributed by atoms with Crippen molar-refractivity contribution in [1.82, 2.24) is 0 Å². The first kappa shape index (κ1) is 25.4. The number of halogens is 1. The van der Waals surface area contributed by atoms with Crippen molar-refractivity contribution in [3.05, 3.63) is 33.8 Å². The van der Waals surface area contributed by atoms with E-state index in [9.17, 15) is 4.79 Å². The molecule has 0 aliphatic rings. The molecule has 0 aliphatic carbocycles. The molecule has 0 heterocycles. The predicted octanol–water partition coefficient (Wildman–Crippen LogP) is 9.46. The van der Waals surface area contributed by atoms with Crippen LogP contribution in [0.1, 0.15) is 133 Å². The highest BCUT2D eigenvalue weighted by Crippen LogP contribution is 2.21. The Bertz CT molecular complexity index is 523. The average Bonchev–Trinajstić information content (AvgIpc) is 2.67. The highest BCUT2D eigenvalue weighted by Gasteiger charge is 2.05. The standard InChI is InChI=1S/C26H43BrO/c1-3-4-5-6-7-8-9-10-11-12-13-14-15-16-17-18-19-24-20-21-25(23(2)28)26(27)22-24/h20-22H,3-19H2,1-2H3. The number of rotatable bonds is 18. The highest BCUT2D eigenvalue weighted by molar-refractivity contribution is 9.10. The fraction of sp³-hybridized carbons (Fsp3) is 0.731. The van der Waals surface area contributed by atoms with E-state index in [1.807, 2.05) is 6.07 Å². The molecule has 0 atom stereocenters. The van der Waals surface area contributed by atoms with Crippen LogP contribution in [0.4, 0.5) is 0 Å². The van der Waals surface area contributed by atoms with E-state index in [2.05, 4.69) is 35.0 Å². The number of unbranched alkanes of at least 4 members (excludes halogenated alkanes) is 15. The van der Waals surface area contributed by atoms with Gasteiger partial charge in [0.1, 0.15) is 0 Å². The summed E-state index contributed by atoms with van der Waals surface area (Å²) in [6.07, 6.45) is 23.7. The minimum atomic E-state index is 0.126. The first-order valence-electron chi connectivity index (χ1n) is 11.9. The fourth-order valence-electron chi connectivity index (χ4n) is 3.88. The van der Waals surface area contributed by atoms with E-state index in [-0.39, 0.29) is 5.78 Å². The van der Waals surface area contributed by atoms with Gasteiger partial charge in [-0.1, -0.05) is 131 Å². The lowest BCUT2D eigenvalue weighted by atomic mass is 10.0. The van der Waals surface area contributed by atoms with Crippen molar-refractivity contribution in [1.29, 1.82) is 0 Å². The topological polar surface area (TPSA) is 17.1 Å². The molecule has 2 heteroatoms. The molecule has 1 nitrogen and oxygen atoms in total. The number of ketones is 1. The van der Waals surface area contributed by atoms with Gasteiger partial charge >= 0.3 is 0 Å². The number of carbonyl (C=O) groups is 1. The van der Waals surface area contributed by atoms with Gasteiger partial charge in [-0.2, -0.15) is 0 Å². The van der Waals surface area contributed by atoms with Gasteiger partial charge in [-0.15, -0.1) is 0 Å². The van der Waals surface area contributed by atoms with Gasteiger partial charge in [0, 0.05) is 10.0 Å². The Kier molecular flexibility index (Phi) is 15.6. The van der Waals surface area contributed by atoms with Crippen LogP contribution in [0.25, 0.3) is 0 Å². The van der Waals surface area contributed by atoms with Crippen molar-refractivity contribution >= 4 is 21.7 Å². The molecule has 160 valence electrons. The van der Waals surface area contributed by atoms with Gasteiger partial charge in [-0.3, -0.25) is 4.79 Å². The van der Waals surface area contributed by atoms with Crippen molar-refractivity contribution in [3.8, 4) is 0 Å². The van der Waals surface area contributed by atoms with Gasteiger partial charge in [0.25, 0.3) is 0 Å². The summed E-state index contributed by atoms with van der Waals surface area (Å²) in [6, 6.07) is 6.17. The monoisotopic (exact) mass is 450 g/mol. The first-order chi connectivity index (χ1) is 13.6. The molecule has 0 spiro atoms. The van der Waals surface area contributed by atoms with Crippen LogP contribution in [-0.4, -0.2) is 5.78 Å². The van der Waals surface area contributed by atoms with Gasteiger partial charge in [0.2, 0.25) is 0 Å². The minimum absolute atomic E-state index is 0.126. The smallest absolute Gasteiger partial charge is 0.160 e. The maximum atomic E-state index is 11.5. The largest absolute Gasteiger partial charge is 0.294 e. The molecule has 0 saturated carbocycles. The molecule has 0 fully saturated rings.